The number of hydrogen-bond donors (Lipinski definition) is 0. The molecule has 5 nitrogen and oxygen atoms in total. The van der Waals surface area contributed by atoms with E-state index in [0.29, 0.717) is 26.2 Å². The lowest BCUT2D eigenvalue weighted by atomic mass is 10.1. The Bertz CT molecular complexity index is 603. The quantitative estimate of drug-likeness (QED) is 0.825. The molecule has 1 saturated heterocycles. The van der Waals surface area contributed by atoms with Crippen LogP contribution in [0.4, 0.5) is 0 Å². The van der Waals surface area contributed by atoms with Gasteiger partial charge in [-0.05, 0) is 30.9 Å². The Balaban J connectivity index is 1.46. The minimum atomic E-state index is -0.00104. The minimum absolute atomic E-state index is 0.00104. The van der Waals surface area contributed by atoms with Crippen LogP contribution in [0.2, 0.25) is 0 Å². The molecule has 136 valence electrons. The Morgan fingerprint density at radius 2 is 1.68 bits per heavy atom. The summed E-state index contributed by atoms with van der Waals surface area (Å²) in [7, 11) is 0. The zero-order valence-electron chi connectivity index (χ0n) is 15.1. The van der Waals surface area contributed by atoms with E-state index in [-0.39, 0.29) is 24.3 Å². The summed E-state index contributed by atoms with van der Waals surface area (Å²) in [5, 5.41) is 0. The van der Waals surface area contributed by atoms with Crippen LogP contribution in [0, 0.1) is 5.92 Å². The molecular formula is C20H28N2O3. The van der Waals surface area contributed by atoms with Gasteiger partial charge >= 0.3 is 0 Å². The first kappa shape index (κ1) is 17.8. The first-order valence-electron chi connectivity index (χ1n) is 9.46. The summed E-state index contributed by atoms with van der Waals surface area (Å²) in [6.45, 7) is 4.64. The summed E-state index contributed by atoms with van der Waals surface area (Å²) < 4.78 is 5.73. The van der Waals surface area contributed by atoms with Gasteiger partial charge in [-0.25, -0.2) is 0 Å². The van der Waals surface area contributed by atoms with E-state index in [1.54, 1.807) is 0 Å². The summed E-state index contributed by atoms with van der Waals surface area (Å²) in [6.07, 6.45) is 5.29. The number of nitrogens with zero attached hydrogens (tertiary/aromatic N) is 2. The number of hydrogen-bond acceptors (Lipinski definition) is 3. The van der Waals surface area contributed by atoms with Crippen molar-refractivity contribution in [2.75, 3.05) is 32.8 Å². The maximum Gasteiger partial charge on any atom is 0.260 e. The molecule has 2 aliphatic rings. The summed E-state index contributed by atoms with van der Waals surface area (Å²) in [6, 6.07) is 7.83. The average molecular weight is 344 g/mol. The number of carbonyl (C=O) groups excluding carboxylic acids is 2. The molecule has 0 bridgehead atoms. The number of aryl methyl sites for hydroxylation is 1. The second kappa shape index (κ2) is 8.37. The normalized spacial score (nSPS) is 18.4. The number of carbonyl (C=O) groups is 2. The van der Waals surface area contributed by atoms with Crippen LogP contribution in [0.1, 0.15) is 38.2 Å². The highest BCUT2D eigenvalue weighted by Crippen LogP contribution is 2.27. The molecule has 0 spiro atoms. The molecule has 3 rings (SSSR count). The van der Waals surface area contributed by atoms with Gasteiger partial charge in [0, 0.05) is 32.1 Å². The molecule has 1 saturated carbocycles. The van der Waals surface area contributed by atoms with Gasteiger partial charge in [-0.1, -0.05) is 38.0 Å². The van der Waals surface area contributed by atoms with E-state index in [1.165, 1.54) is 12.8 Å². The van der Waals surface area contributed by atoms with Crippen LogP contribution >= 0.6 is 0 Å². The van der Waals surface area contributed by atoms with Crippen LogP contribution < -0.4 is 4.74 Å². The van der Waals surface area contributed by atoms with Gasteiger partial charge < -0.3 is 14.5 Å². The van der Waals surface area contributed by atoms with Crippen molar-refractivity contribution in [3.63, 3.8) is 0 Å². The van der Waals surface area contributed by atoms with Crippen LogP contribution in [-0.4, -0.2) is 54.4 Å². The predicted molar refractivity (Wildman–Crippen MR) is 96.4 cm³/mol. The molecule has 1 aliphatic carbocycles. The Hall–Kier alpha value is -2.04. The third-order valence-corrected chi connectivity index (χ3v) is 5.35. The molecule has 1 aromatic carbocycles. The molecule has 0 N–H and O–H groups in total. The van der Waals surface area contributed by atoms with E-state index in [4.69, 9.17) is 4.74 Å². The number of benzene rings is 1. The van der Waals surface area contributed by atoms with E-state index >= 15 is 0 Å². The fourth-order valence-corrected chi connectivity index (χ4v) is 3.77. The SMILES string of the molecule is CCc1ccccc1OCC(=O)N1CCN(C(=O)C2CCCC2)CC1. The van der Waals surface area contributed by atoms with E-state index in [0.717, 1.165) is 30.6 Å². The van der Waals surface area contributed by atoms with Gasteiger partial charge in [-0.15, -0.1) is 0 Å². The van der Waals surface area contributed by atoms with E-state index in [2.05, 4.69) is 6.92 Å². The number of piperazine rings is 1. The molecule has 25 heavy (non-hydrogen) atoms. The average Bonchev–Trinajstić information content (AvgIpc) is 3.20. The van der Waals surface area contributed by atoms with Gasteiger partial charge in [-0.2, -0.15) is 0 Å². The van der Waals surface area contributed by atoms with Crippen molar-refractivity contribution in [2.24, 2.45) is 5.92 Å². The molecule has 1 aliphatic heterocycles. The molecule has 2 amide bonds. The molecule has 2 fully saturated rings. The van der Waals surface area contributed by atoms with Crippen LogP contribution in [0.3, 0.4) is 0 Å². The Morgan fingerprint density at radius 1 is 1.04 bits per heavy atom. The van der Waals surface area contributed by atoms with Crippen LogP contribution in [0.25, 0.3) is 0 Å². The number of amides is 2. The highest BCUT2D eigenvalue weighted by Gasteiger charge is 2.30. The number of ether oxygens (including phenoxy) is 1. The highest BCUT2D eigenvalue weighted by atomic mass is 16.5. The van der Waals surface area contributed by atoms with Crippen molar-refractivity contribution in [1.29, 1.82) is 0 Å². The first-order chi connectivity index (χ1) is 12.2. The van der Waals surface area contributed by atoms with E-state index in [9.17, 15) is 9.59 Å². The number of rotatable bonds is 5. The summed E-state index contributed by atoms with van der Waals surface area (Å²) >= 11 is 0. The third kappa shape index (κ3) is 4.33. The van der Waals surface area contributed by atoms with Gasteiger partial charge in [0.15, 0.2) is 6.61 Å². The molecular weight excluding hydrogens is 316 g/mol. The van der Waals surface area contributed by atoms with Crippen LogP contribution in [0.5, 0.6) is 5.75 Å². The van der Waals surface area contributed by atoms with E-state index in [1.807, 2.05) is 34.1 Å². The van der Waals surface area contributed by atoms with Crippen molar-refractivity contribution >= 4 is 11.8 Å². The molecule has 5 heteroatoms. The maximum absolute atomic E-state index is 12.5. The molecule has 0 radical (unpaired) electrons. The third-order valence-electron chi connectivity index (χ3n) is 5.35. The van der Waals surface area contributed by atoms with Crippen molar-refractivity contribution in [3.05, 3.63) is 29.8 Å². The summed E-state index contributed by atoms with van der Waals surface area (Å²) in [5.74, 6) is 1.29. The Kier molecular flexibility index (Phi) is 5.95. The van der Waals surface area contributed by atoms with Gasteiger partial charge in [0.25, 0.3) is 5.91 Å². The highest BCUT2D eigenvalue weighted by molar-refractivity contribution is 5.80. The van der Waals surface area contributed by atoms with Gasteiger partial charge in [0.05, 0.1) is 0 Å². The fraction of sp³-hybridized carbons (Fsp3) is 0.600. The molecule has 0 aromatic heterocycles. The molecule has 0 unspecified atom stereocenters. The predicted octanol–water partition coefficient (Wildman–Crippen LogP) is 2.49. The van der Waals surface area contributed by atoms with Crippen LogP contribution in [0.15, 0.2) is 24.3 Å². The maximum atomic E-state index is 12.5. The minimum Gasteiger partial charge on any atom is -0.483 e. The van der Waals surface area contributed by atoms with Crippen LogP contribution in [-0.2, 0) is 16.0 Å². The smallest absolute Gasteiger partial charge is 0.260 e. The van der Waals surface area contributed by atoms with Crippen molar-refractivity contribution in [2.45, 2.75) is 39.0 Å². The monoisotopic (exact) mass is 344 g/mol. The lowest BCUT2D eigenvalue weighted by Crippen LogP contribution is -2.52. The van der Waals surface area contributed by atoms with Crippen molar-refractivity contribution in [1.82, 2.24) is 9.80 Å². The Morgan fingerprint density at radius 3 is 2.36 bits per heavy atom. The Labute approximate surface area is 149 Å². The largest absolute Gasteiger partial charge is 0.483 e. The molecule has 1 heterocycles. The second-order valence-electron chi connectivity index (χ2n) is 6.94. The lowest BCUT2D eigenvalue weighted by molar-refractivity contribution is -0.142. The number of para-hydroxylation sites is 1. The van der Waals surface area contributed by atoms with E-state index < -0.39 is 0 Å². The standard InChI is InChI=1S/C20H28N2O3/c1-2-16-7-5-6-10-18(16)25-15-19(23)21-11-13-22(14-12-21)20(24)17-8-3-4-9-17/h5-7,10,17H,2-4,8-9,11-15H2,1H3. The lowest BCUT2D eigenvalue weighted by Gasteiger charge is -2.36. The zero-order chi connectivity index (χ0) is 17.6. The van der Waals surface area contributed by atoms with Gasteiger partial charge in [-0.3, -0.25) is 9.59 Å². The summed E-state index contributed by atoms with van der Waals surface area (Å²) in [5.41, 5.74) is 1.11. The molecule has 1 aromatic rings. The molecule has 0 atom stereocenters. The van der Waals surface area contributed by atoms with Gasteiger partial charge in [0.1, 0.15) is 5.75 Å². The van der Waals surface area contributed by atoms with Gasteiger partial charge in [0.2, 0.25) is 5.91 Å². The first-order valence-corrected chi connectivity index (χ1v) is 9.46. The summed E-state index contributed by atoms with van der Waals surface area (Å²) in [4.78, 5) is 28.6. The topological polar surface area (TPSA) is 49.9 Å². The van der Waals surface area contributed by atoms with Crippen molar-refractivity contribution in [3.8, 4) is 5.75 Å². The zero-order valence-corrected chi connectivity index (χ0v) is 15.1. The fourth-order valence-electron chi connectivity index (χ4n) is 3.77. The van der Waals surface area contributed by atoms with Crippen molar-refractivity contribution < 1.29 is 14.3 Å². The second-order valence-corrected chi connectivity index (χ2v) is 6.94.